The third kappa shape index (κ3) is 44.0. The molecule has 0 unspecified atom stereocenters. The molecule has 0 spiro atoms. The van der Waals surface area contributed by atoms with Crippen LogP contribution in [0.3, 0.4) is 0 Å². The molecule has 0 aromatic rings. The number of nitrogens with one attached hydrogen (secondary N) is 1. The summed E-state index contributed by atoms with van der Waals surface area (Å²) in [7, 11) is -3.21. The van der Waals surface area contributed by atoms with Gasteiger partial charge in [-0.15, -0.1) is 6.58 Å². The molecule has 2 N–H and O–H groups in total. The van der Waals surface area contributed by atoms with Crippen molar-refractivity contribution in [2.75, 3.05) is 45.2 Å². The van der Waals surface area contributed by atoms with Crippen LogP contribution in [0.2, 0.25) is 0 Å². The highest BCUT2D eigenvalue weighted by molar-refractivity contribution is 7.89. The summed E-state index contributed by atoms with van der Waals surface area (Å²) in [5, 5.41) is 8.87. The quantitative estimate of drug-likeness (QED) is 0.0448. The van der Waals surface area contributed by atoms with Crippen molar-refractivity contribution in [2.45, 2.75) is 114 Å². The predicted molar refractivity (Wildman–Crippen MR) is 192 cm³/mol. The lowest BCUT2D eigenvalue weighted by atomic mass is 10.2. The van der Waals surface area contributed by atoms with E-state index in [1.165, 1.54) is 24.2 Å². The van der Waals surface area contributed by atoms with Crippen molar-refractivity contribution < 1.29 is 27.8 Å². The van der Waals surface area contributed by atoms with Crippen LogP contribution >= 0.6 is 0 Å². The van der Waals surface area contributed by atoms with Crippen LogP contribution in [0.15, 0.2) is 53.9 Å². The first kappa shape index (κ1) is 51.2. The maximum atomic E-state index is 11.5. The zero-order valence-corrected chi connectivity index (χ0v) is 30.8. The van der Waals surface area contributed by atoms with E-state index in [4.69, 9.17) is 14.6 Å². The molecular weight excluding hydrogens is 578 g/mol. The van der Waals surface area contributed by atoms with Crippen molar-refractivity contribution in [1.82, 2.24) is 9.62 Å². The first-order valence-electron chi connectivity index (χ1n) is 16.3. The van der Waals surface area contributed by atoms with Crippen LogP contribution in [-0.4, -0.2) is 75.9 Å². The second kappa shape index (κ2) is 42.7. The molecule has 0 radical (unpaired) electrons. The van der Waals surface area contributed by atoms with Gasteiger partial charge in [0.2, 0.25) is 15.9 Å². The minimum atomic E-state index is -3.21. The van der Waals surface area contributed by atoms with E-state index < -0.39 is 16.1 Å². The summed E-state index contributed by atoms with van der Waals surface area (Å²) in [4.78, 5) is 16.2. The fourth-order valence-electron chi connectivity index (χ4n) is 2.42. The Hall–Kier alpha value is -2.43. The van der Waals surface area contributed by atoms with E-state index in [1.807, 2.05) is 47.6 Å². The zero-order valence-electron chi connectivity index (χ0n) is 30.0. The number of hydrogen-bond donors (Lipinski definition) is 2. The Labute approximate surface area is 272 Å². The van der Waals surface area contributed by atoms with Gasteiger partial charge >= 0.3 is 6.09 Å². The minimum absolute atomic E-state index is 0.00958. The van der Waals surface area contributed by atoms with Gasteiger partial charge in [0.15, 0.2) is 0 Å². The number of sulfonamides is 1. The fraction of sp³-hybridized carbons (Fsp3) is 0.706. The number of rotatable bonds is 20. The Kier molecular flexibility index (Phi) is 49.7. The van der Waals surface area contributed by atoms with Crippen LogP contribution in [0, 0.1) is 0 Å². The van der Waals surface area contributed by atoms with E-state index in [-0.39, 0.29) is 5.75 Å². The van der Waals surface area contributed by atoms with Crippen LogP contribution in [0.1, 0.15) is 114 Å². The predicted octanol–water partition coefficient (Wildman–Crippen LogP) is 9.00. The summed E-state index contributed by atoms with van der Waals surface area (Å²) in [6.07, 6.45) is 14.6. The Morgan fingerprint density at radius 1 is 0.955 bits per heavy atom. The molecule has 0 aromatic carbocycles. The van der Waals surface area contributed by atoms with E-state index in [9.17, 15) is 13.2 Å². The molecule has 0 fully saturated rings. The van der Waals surface area contributed by atoms with Crippen LogP contribution in [-0.2, 0) is 19.5 Å². The average Bonchev–Trinajstić information content (AvgIpc) is 3.01. The Bertz CT molecular complexity index is 823. The van der Waals surface area contributed by atoms with Crippen LogP contribution in [0.5, 0.6) is 0 Å². The number of hydrogen-bond acceptors (Lipinski definition) is 6. The number of ether oxygens (including phenoxy) is 2. The second-order valence-electron chi connectivity index (χ2n) is 8.94. The van der Waals surface area contributed by atoms with Gasteiger partial charge in [-0.05, 0) is 45.1 Å². The van der Waals surface area contributed by atoms with Gasteiger partial charge in [0.25, 0.3) is 0 Å². The van der Waals surface area contributed by atoms with E-state index in [1.54, 1.807) is 24.4 Å². The lowest BCUT2D eigenvalue weighted by molar-refractivity contribution is 0.136. The fourth-order valence-corrected chi connectivity index (χ4v) is 3.71. The van der Waals surface area contributed by atoms with Crippen LogP contribution in [0.4, 0.5) is 4.79 Å². The normalized spacial score (nSPS) is 10.9. The van der Waals surface area contributed by atoms with E-state index >= 15 is 0 Å². The average molecular weight is 648 g/mol. The van der Waals surface area contributed by atoms with Gasteiger partial charge in [0.05, 0.1) is 19.0 Å². The van der Waals surface area contributed by atoms with Gasteiger partial charge in [0.1, 0.15) is 0 Å². The van der Waals surface area contributed by atoms with Crippen molar-refractivity contribution in [3.05, 3.63) is 48.9 Å². The summed E-state index contributed by atoms with van der Waals surface area (Å²) < 4.78 is 36.3. The summed E-state index contributed by atoms with van der Waals surface area (Å²) in [6, 6.07) is 0. The van der Waals surface area contributed by atoms with E-state index in [0.29, 0.717) is 63.8 Å². The number of allylic oxidation sites excluding steroid dienone is 3. The number of amides is 1. The molecule has 0 heterocycles. The number of nitrogens with zero attached hydrogens (tertiary/aromatic N) is 2. The number of carboxylic acid groups (broad SMARTS) is 1. The topological polar surface area (TPSA) is 118 Å². The van der Waals surface area contributed by atoms with Crippen molar-refractivity contribution in [2.24, 2.45) is 4.99 Å². The zero-order chi connectivity index (χ0) is 35.1. The Balaban J connectivity index is -0.000000185. The van der Waals surface area contributed by atoms with Gasteiger partial charge in [0, 0.05) is 38.5 Å². The van der Waals surface area contributed by atoms with Gasteiger partial charge in [-0.1, -0.05) is 99.5 Å². The highest BCUT2D eigenvalue weighted by Gasteiger charge is 2.10. The van der Waals surface area contributed by atoms with Crippen molar-refractivity contribution in [3.8, 4) is 0 Å². The van der Waals surface area contributed by atoms with Crippen molar-refractivity contribution in [1.29, 1.82) is 0 Å². The first-order chi connectivity index (χ1) is 21.0. The molecular formula is C34H69N3O6S. The molecule has 0 aliphatic carbocycles. The molecule has 0 atom stereocenters. The molecule has 0 rings (SSSR count). The molecule has 0 bridgehead atoms. The van der Waals surface area contributed by atoms with Gasteiger partial charge in [-0.2, -0.15) is 0 Å². The van der Waals surface area contributed by atoms with E-state index in [2.05, 4.69) is 50.6 Å². The lowest BCUT2D eigenvalue weighted by Crippen LogP contribution is -2.30. The largest absolute Gasteiger partial charge is 0.478 e. The maximum absolute atomic E-state index is 11.5. The molecule has 0 aromatic heterocycles. The molecule has 44 heavy (non-hydrogen) atoms. The molecule has 0 saturated carbocycles. The van der Waals surface area contributed by atoms with Crippen molar-refractivity contribution in [3.63, 3.8) is 0 Å². The highest BCUT2D eigenvalue weighted by Crippen LogP contribution is 2.03. The molecule has 9 nitrogen and oxygen atoms in total. The Morgan fingerprint density at radius 2 is 1.55 bits per heavy atom. The lowest BCUT2D eigenvalue weighted by Gasteiger charge is -2.16. The van der Waals surface area contributed by atoms with E-state index in [0.717, 1.165) is 12.8 Å². The summed E-state index contributed by atoms with van der Waals surface area (Å²) in [5.74, 6) is 0.506. The van der Waals surface area contributed by atoms with Crippen molar-refractivity contribution >= 4 is 22.3 Å². The van der Waals surface area contributed by atoms with Gasteiger partial charge in [-0.25, -0.2) is 22.9 Å². The molecule has 1 amide bonds. The van der Waals surface area contributed by atoms with Crippen LogP contribution < -0.4 is 4.72 Å². The highest BCUT2D eigenvalue weighted by atomic mass is 32.2. The smallest absolute Gasteiger partial charge is 0.407 e. The Morgan fingerprint density at radius 3 is 1.95 bits per heavy atom. The monoisotopic (exact) mass is 647 g/mol. The van der Waals surface area contributed by atoms with Gasteiger partial charge < -0.3 is 19.5 Å². The standard InChI is InChI=1S/C14H26N2O4.C11H19NO2S.C4H10.C3H8.C2H6/c1-4-10-19-12-8-13(15-5-2)20-11-7-9-16(6-3)14(17)18;1-4-7-8-11(6-3)10-15(13,14)12-9-5-2;1-3-4-2;1-3-2;1-2/h5,8H,4,6-7,9-12H2,1-3H3,(H,17,18);4,6,8,12H,1,3,5,7,9-10H2,2H3;3-4H2,1-2H3;3H2,1-2H3;1-2H3/b13-8+,15-5-;;;;. The third-order valence-corrected chi connectivity index (χ3v) is 6.05. The molecule has 0 aliphatic heterocycles. The summed E-state index contributed by atoms with van der Waals surface area (Å²) in [6.45, 7) is 30.4. The number of aliphatic imine (C=N–C) groups is 1. The number of carbonyl (C=O) groups is 1. The maximum Gasteiger partial charge on any atom is 0.407 e. The number of unbranched alkanes of at least 4 members (excludes halogenated alkanes) is 1. The molecule has 0 saturated heterocycles. The van der Waals surface area contributed by atoms with Gasteiger partial charge in [-0.3, -0.25) is 0 Å². The third-order valence-electron chi connectivity index (χ3n) is 4.69. The van der Waals surface area contributed by atoms with Crippen LogP contribution in [0.25, 0.3) is 0 Å². The first-order valence-corrected chi connectivity index (χ1v) is 18.0. The second-order valence-corrected chi connectivity index (χ2v) is 10.7. The minimum Gasteiger partial charge on any atom is -0.478 e. The molecule has 0 aliphatic rings. The SMILES string of the molecule is C/C=N\C(=C/COCCC)OCCCN(CC)C(=O)O.C=CCC=C(C=C)CS(=O)(=O)NCCC.CC.CCC.CCCC. The molecule has 10 heteroatoms. The molecule has 262 valence electrons. The summed E-state index contributed by atoms with van der Waals surface area (Å²) >= 11 is 0. The summed E-state index contributed by atoms with van der Waals surface area (Å²) in [5.41, 5.74) is 0.707.